The molecule has 3 N–H and O–H groups in total. The second kappa shape index (κ2) is 5.30. The fourth-order valence-electron chi connectivity index (χ4n) is 4.03. The zero-order valence-corrected chi connectivity index (χ0v) is 13.7. The molecule has 2 heterocycles. The smallest absolute Gasteiger partial charge is 0.227 e. The van der Waals surface area contributed by atoms with Gasteiger partial charge in [-0.2, -0.15) is 0 Å². The molecular formula is C16H31N3O. The van der Waals surface area contributed by atoms with E-state index in [0.717, 1.165) is 38.8 Å². The molecule has 1 atom stereocenters. The lowest BCUT2D eigenvalue weighted by Crippen LogP contribution is -2.63. The van der Waals surface area contributed by atoms with Crippen LogP contribution in [0.15, 0.2) is 0 Å². The van der Waals surface area contributed by atoms with Crippen LogP contribution in [0.1, 0.15) is 60.3 Å². The highest BCUT2D eigenvalue weighted by molar-refractivity contribution is 5.83. The van der Waals surface area contributed by atoms with Gasteiger partial charge in [-0.15, -0.1) is 0 Å². The van der Waals surface area contributed by atoms with Crippen LogP contribution in [-0.4, -0.2) is 36.1 Å². The quantitative estimate of drug-likeness (QED) is 0.723. The standard InChI is InChI=1S/C16H31N3O/c1-14(2)9-12(10-15(3,4)19-14)18-13(20)16(5)7-6-8-17-11-16/h12,17,19H,6-11H2,1-5H3,(H,18,20). The summed E-state index contributed by atoms with van der Waals surface area (Å²) in [5.74, 6) is 0.225. The molecule has 0 aromatic rings. The van der Waals surface area contributed by atoms with Crippen LogP contribution in [0.2, 0.25) is 0 Å². The van der Waals surface area contributed by atoms with Crippen LogP contribution in [0.4, 0.5) is 0 Å². The SMILES string of the molecule is CC1(C)CC(NC(=O)C2(C)CCCNC2)CC(C)(C)N1. The van der Waals surface area contributed by atoms with Gasteiger partial charge in [0.2, 0.25) is 5.91 Å². The normalized spacial score (nSPS) is 33.6. The first-order valence-corrected chi connectivity index (χ1v) is 7.93. The predicted molar refractivity (Wildman–Crippen MR) is 82.7 cm³/mol. The fraction of sp³-hybridized carbons (Fsp3) is 0.938. The van der Waals surface area contributed by atoms with E-state index >= 15 is 0 Å². The average Bonchev–Trinajstić information content (AvgIpc) is 2.25. The zero-order valence-electron chi connectivity index (χ0n) is 13.7. The summed E-state index contributed by atoms with van der Waals surface area (Å²) in [4.78, 5) is 12.6. The van der Waals surface area contributed by atoms with Crippen molar-refractivity contribution in [2.45, 2.75) is 77.4 Å². The van der Waals surface area contributed by atoms with Crippen LogP contribution < -0.4 is 16.0 Å². The first-order chi connectivity index (χ1) is 9.12. The van der Waals surface area contributed by atoms with Gasteiger partial charge >= 0.3 is 0 Å². The van der Waals surface area contributed by atoms with Gasteiger partial charge in [0.15, 0.2) is 0 Å². The molecule has 116 valence electrons. The topological polar surface area (TPSA) is 53.2 Å². The number of amides is 1. The lowest BCUT2D eigenvalue weighted by atomic mass is 9.78. The molecule has 0 aromatic heterocycles. The van der Waals surface area contributed by atoms with Crippen LogP contribution in [0, 0.1) is 5.41 Å². The number of nitrogens with one attached hydrogen (secondary N) is 3. The van der Waals surface area contributed by atoms with E-state index < -0.39 is 0 Å². The predicted octanol–water partition coefficient (Wildman–Crippen LogP) is 1.80. The van der Waals surface area contributed by atoms with E-state index in [9.17, 15) is 4.79 Å². The van der Waals surface area contributed by atoms with Crippen molar-refractivity contribution >= 4 is 5.91 Å². The summed E-state index contributed by atoms with van der Waals surface area (Å²) in [5, 5.41) is 10.3. The van der Waals surface area contributed by atoms with Crippen LogP contribution in [0.3, 0.4) is 0 Å². The zero-order chi connectivity index (χ0) is 15.0. The highest BCUT2D eigenvalue weighted by atomic mass is 16.2. The number of carbonyl (C=O) groups excluding carboxylic acids is 1. The van der Waals surface area contributed by atoms with Gasteiger partial charge in [-0.25, -0.2) is 0 Å². The van der Waals surface area contributed by atoms with Gasteiger partial charge in [0.25, 0.3) is 0 Å². The second-order valence-electron chi connectivity index (χ2n) is 8.31. The van der Waals surface area contributed by atoms with E-state index in [0.29, 0.717) is 0 Å². The third-order valence-electron chi connectivity index (χ3n) is 4.67. The molecule has 0 spiro atoms. The monoisotopic (exact) mass is 281 g/mol. The molecule has 2 rings (SSSR count). The van der Waals surface area contributed by atoms with Crippen molar-refractivity contribution in [2.24, 2.45) is 5.41 Å². The minimum atomic E-state index is -0.239. The van der Waals surface area contributed by atoms with Crippen molar-refractivity contribution in [1.82, 2.24) is 16.0 Å². The molecule has 0 radical (unpaired) electrons. The van der Waals surface area contributed by atoms with Crippen molar-refractivity contribution in [3.63, 3.8) is 0 Å². The molecule has 2 saturated heterocycles. The first kappa shape index (κ1) is 15.8. The Kier molecular flexibility index (Phi) is 4.18. The van der Waals surface area contributed by atoms with Crippen molar-refractivity contribution in [1.29, 1.82) is 0 Å². The van der Waals surface area contributed by atoms with E-state index in [1.165, 1.54) is 0 Å². The summed E-state index contributed by atoms with van der Waals surface area (Å²) in [6, 6.07) is 0.271. The van der Waals surface area contributed by atoms with Crippen molar-refractivity contribution in [2.75, 3.05) is 13.1 Å². The van der Waals surface area contributed by atoms with Crippen molar-refractivity contribution in [3.8, 4) is 0 Å². The summed E-state index contributed by atoms with van der Waals surface area (Å²) in [7, 11) is 0. The van der Waals surface area contributed by atoms with Crippen LogP contribution >= 0.6 is 0 Å². The van der Waals surface area contributed by atoms with Crippen molar-refractivity contribution in [3.05, 3.63) is 0 Å². The first-order valence-electron chi connectivity index (χ1n) is 7.93. The van der Waals surface area contributed by atoms with Gasteiger partial charge in [-0.05, 0) is 66.8 Å². The number of piperidine rings is 2. The van der Waals surface area contributed by atoms with Crippen LogP contribution in [0.5, 0.6) is 0 Å². The van der Waals surface area contributed by atoms with E-state index in [-0.39, 0.29) is 28.4 Å². The summed E-state index contributed by atoms with van der Waals surface area (Å²) < 4.78 is 0. The molecule has 1 unspecified atom stereocenters. The molecule has 2 aliphatic rings. The summed E-state index contributed by atoms with van der Waals surface area (Å²) >= 11 is 0. The summed E-state index contributed by atoms with van der Waals surface area (Å²) in [6.07, 6.45) is 4.06. The van der Waals surface area contributed by atoms with E-state index in [2.05, 4.69) is 50.6 Å². The van der Waals surface area contributed by atoms with Gasteiger partial charge < -0.3 is 16.0 Å². The highest BCUT2D eigenvalue weighted by Crippen LogP contribution is 2.31. The number of carbonyl (C=O) groups is 1. The largest absolute Gasteiger partial charge is 0.353 e. The molecule has 2 aliphatic heterocycles. The molecule has 0 aromatic carbocycles. The third kappa shape index (κ3) is 3.73. The molecule has 4 heteroatoms. The van der Waals surface area contributed by atoms with Gasteiger partial charge in [0, 0.05) is 23.7 Å². The van der Waals surface area contributed by atoms with E-state index in [4.69, 9.17) is 0 Å². The van der Waals surface area contributed by atoms with Gasteiger partial charge in [-0.3, -0.25) is 4.79 Å². The fourth-order valence-corrected chi connectivity index (χ4v) is 4.03. The Bertz CT molecular complexity index is 354. The molecule has 1 amide bonds. The number of rotatable bonds is 2. The summed E-state index contributed by atoms with van der Waals surface area (Å²) in [6.45, 7) is 12.8. The molecule has 4 nitrogen and oxygen atoms in total. The maximum atomic E-state index is 12.6. The van der Waals surface area contributed by atoms with Gasteiger partial charge in [0.05, 0.1) is 5.41 Å². The van der Waals surface area contributed by atoms with Crippen LogP contribution in [0.25, 0.3) is 0 Å². The Balaban J connectivity index is 2.00. The Morgan fingerprint density at radius 1 is 1.10 bits per heavy atom. The third-order valence-corrected chi connectivity index (χ3v) is 4.67. The van der Waals surface area contributed by atoms with E-state index in [1.807, 2.05) is 0 Å². The minimum Gasteiger partial charge on any atom is -0.353 e. The van der Waals surface area contributed by atoms with Gasteiger partial charge in [-0.1, -0.05) is 0 Å². The summed E-state index contributed by atoms with van der Waals surface area (Å²) in [5.41, 5.74) is -0.0890. The average molecular weight is 281 g/mol. The maximum absolute atomic E-state index is 12.6. The lowest BCUT2D eigenvalue weighted by molar-refractivity contribution is -0.132. The minimum absolute atomic E-state index is 0.0748. The number of hydrogen-bond donors (Lipinski definition) is 3. The molecule has 2 fully saturated rings. The maximum Gasteiger partial charge on any atom is 0.227 e. The Hall–Kier alpha value is -0.610. The molecule has 0 saturated carbocycles. The number of hydrogen-bond acceptors (Lipinski definition) is 3. The van der Waals surface area contributed by atoms with Crippen LogP contribution in [-0.2, 0) is 4.79 Å². The molecule has 0 aliphatic carbocycles. The lowest BCUT2D eigenvalue weighted by Gasteiger charge is -2.47. The van der Waals surface area contributed by atoms with Gasteiger partial charge in [0.1, 0.15) is 0 Å². The molecular weight excluding hydrogens is 250 g/mol. The second-order valence-corrected chi connectivity index (χ2v) is 8.31. The Morgan fingerprint density at radius 3 is 2.20 bits per heavy atom. The van der Waals surface area contributed by atoms with Crippen molar-refractivity contribution < 1.29 is 4.79 Å². The molecule has 0 bridgehead atoms. The van der Waals surface area contributed by atoms with E-state index in [1.54, 1.807) is 0 Å². The Morgan fingerprint density at radius 2 is 1.70 bits per heavy atom. The highest BCUT2D eigenvalue weighted by Gasteiger charge is 2.41. The molecule has 20 heavy (non-hydrogen) atoms. The Labute approximate surface area is 123 Å².